The molecule has 1 aromatic heterocycles. The number of methoxy groups -OCH3 is 1. The van der Waals surface area contributed by atoms with Crippen molar-refractivity contribution < 1.29 is 23.5 Å². The molecule has 2 heterocycles. The first-order chi connectivity index (χ1) is 13.1. The standard InChI is InChI=1S/C19H21N3O5/c1-26-15-5-2-4-14(11-15)22-12-13(10-17(22)23)18(24)20-7-8-21-19(25)16-6-3-9-27-16/h2-6,9,11,13H,7-8,10,12H2,1H3,(H,20,24)(H,21,25)/t13-/m0/s1. The number of carbonyl (C=O) groups excluding carboxylic acids is 3. The first kappa shape index (κ1) is 18.5. The summed E-state index contributed by atoms with van der Waals surface area (Å²) in [5.74, 6) is -0.202. The van der Waals surface area contributed by atoms with E-state index in [-0.39, 0.29) is 43.0 Å². The minimum absolute atomic E-state index is 0.102. The molecule has 8 nitrogen and oxygen atoms in total. The number of amides is 3. The molecule has 0 unspecified atom stereocenters. The fourth-order valence-electron chi connectivity index (χ4n) is 2.91. The number of furan rings is 1. The quantitative estimate of drug-likeness (QED) is 0.712. The fraction of sp³-hybridized carbons (Fsp3) is 0.316. The zero-order chi connectivity index (χ0) is 19.2. The third-order valence-electron chi connectivity index (χ3n) is 4.32. The van der Waals surface area contributed by atoms with Gasteiger partial charge in [0.25, 0.3) is 5.91 Å². The SMILES string of the molecule is COc1cccc(N2C[C@@H](C(=O)NCCNC(=O)c3ccco3)CC2=O)c1. The van der Waals surface area contributed by atoms with Crippen LogP contribution >= 0.6 is 0 Å². The average molecular weight is 371 g/mol. The van der Waals surface area contributed by atoms with Crippen molar-refractivity contribution in [3.63, 3.8) is 0 Å². The number of nitrogens with one attached hydrogen (secondary N) is 2. The summed E-state index contributed by atoms with van der Waals surface area (Å²) >= 11 is 0. The van der Waals surface area contributed by atoms with Crippen LogP contribution in [-0.4, -0.2) is 44.5 Å². The largest absolute Gasteiger partial charge is 0.497 e. The molecule has 3 rings (SSSR count). The van der Waals surface area contributed by atoms with Crippen molar-refractivity contribution in [2.75, 3.05) is 31.6 Å². The molecule has 1 fully saturated rings. The van der Waals surface area contributed by atoms with E-state index in [2.05, 4.69) is 10.6 Å². The Bertz CT molecular complexity index is 819. The summed E-state index contributed by atoms with van der Waals surface area (Å²) in [5.41, 5.74) is 0.709. The summed E-state index contributed by atoms with van der Waals surface area (Å²) < 4.78 is 10.2. The minimum atomic E-state index is -0.426. The maximum absolute atomic E-state index is 12.3. The molecule has 0 spiro atoms. The Morgan fingerprint density at radius 1 is 1.22 bits per heavy atom. The lowest BCUT2D eigenvalue weighted by Crippen LogP contribution is -2.38. The normalized spacial score (nSPS) is 16.3. The van der Waals surface area contributed by atoms with E-state index >= 15 is 0 Å². The smallest absolute Gasteiger partial charge is 0.287 e. The molecule has 0 bridgehead atoms. The van der Waals surface area contributed by atoms with Crippen LogP contribution in [-0.2, 0) is 9.59 Å². The van der Waals surface area contributed by atoms with Crippen LogP contribution in [0.25, 0.3) is 0 Å². The molecular formula is C19H21N3O5. The summed E-state index contributed by atoms with van der Waals surface area (Å²) in [7, 11) is 1.56. The molecule has 1 saturated heterocycles. The molecule has 1 aliphatic rings. The van der Waals surface area contributed by atoms with Crippen molar-refractivity contribution in [2.24, 2.45) is 5.92 Å². The van der Waals surface area contributed by atoms with Gasteiger partial charge in [-0.2, -0.15) is 0 Å². The predicted octanol–water partition coefficient (Wildman–Crippen LogP) is 1.19. The van der Waals surface area contributed by atoms with Crippen LogP contribution in [0.3, 0.4) is 0 Å². The van der Waals surface area contributed by atoms with Crippen molar-refractivity contribution in [1.82, 2.24) is 10.6 Å². The third kappa shape index (κ3) is 4.46. The molecule has 27 heavy (non-hydrogen) atoms. The highest BCUT2D eigenvalue weighted by Gasteiger charge is 2.35. The number of benzene rings is 1. The van der Waals surface area contributed by atoms with Crippen LogP contribution in [0.5, 0.6) is 5.75 Å². The van der Waals surface area contributed by atoms with Crippen LogP contribution in [0.15, 0.2) is 47.1 Å². The van der Waals surface area contributed by atoms with Gasteiger partial charge in [0, 0.05) is 37.8 Å². The van der Waals surface area contributed by atoms with E-state index in [0.29, 0.717) is 18.0 Å². The van der Waals surface area contributed by atoms with E-state index in [1.165, 1.54) is 6.26 Å². The summed E-state index contributed by atoms with van der Waals surface area (Å²) in [5, 5.41) is 5.40. The summed E-state index contributed by atoms with van der Waals surface area (Å²) in [6, 6.07) is 10.4. The molecule has 1 aliphatic heterocycles. The Balaban J connectivity index is 1.46. The lowest BCUT2D eigenvalue weighted by molar-refractivity contribution is -0.126. The molecule has 0 radical (unpaired) electrons. The lowest BCUT2D eigenvalue weighted by atomic mass is 10.1. The summed E-state index contributed by atoms with van der Waals surface area (Å²) in [6.07, 6.45) is 1.57. The molecule has 142 valence electrons. The third-order valence-corrected chi connectivity index (χ3v) is 4.32. The molecule has 1 aromatic carbocycles. The van der Waals surface area contributed by atoms with Gasteiger partial charge in [0.2, 0.25) is 11.8 Å². The van der Waals surface area contributed by atoms with E-state index in [9.17, 15) is 14.4 Å². The van der Waals surface area contributed by atoms with Gasteiger partial charge < -0.3 is 24.7 Å². The predicted molar refractivity (Wildman–Crippen MR) is 97.5 cm³/mol. The maximum Gasteiger partial charge on any atom is 0.287 e. The Morgan fingerprint density at radius 2 is 2.04 bits per heavy atom. The van der Waals surface area contributed by atoms with Gasteiger partial charge in [-0.05, 0) is 24.3 Å². The topological polar surface area (TPSA) is 101 Å². The number of hydrogen-bond donors (Lipinski definition) is 2. The summed E-state index contributed by atoms with van der Waals surface area (Å²) in [6.45, 7) is 0.858. The molecule has 0 aliphatic carbocycles. The maximum atomic E-state index is 12.3. The number of hydrogen-bond acceptors (Lipinski definition) is 5. The van der Waals surface area contributed by atoms with Crippen LogP contribution in [0.4, 0.5) is 5.69 Å². The average Bonchev–Trinajstić information content (AvgIpc) is 3.35. The van der Waals surface area contributed by atoms with E-state index < -0.39 is 5.92 Å². The van der Waals surface area contributed by atoms with E-state index in [0.717, 1.165) is 0 Å². The number of carbonyl (C=O) groups is 3. The van der Waals surface area contributed by atoms with Crippen molar-refractivity contribution in [2.45, 2.75) is 6.42 Å². The van der Waals surface area contributed by atoms with E-state index in [4.69, 9.17) is 9.15 Å². The van der Waals surface area contributed by atoms with Gasteiger partial charge in [-0.15, -0.1) is 0 Å². The van der Waals surface area contributed by atoms with Gasteiger partial charge >= 0.3 is 0 Å². The number of ether oxygens (including phenoxy) is 1. The van der Waals surface area contributed by atoms with Crippen LogP contribution in [0, 0.1) is 5.92 Å². The van der Waals surface area contributed by atoms with Crippen LogP contribution < -0.4 is 20.3 Å². The highest BCUT2D eigenvalue weighted by molar-refractivity contribution is 6.00. The first-order valence-electron chi connectivity index (χ1n) is 8.62. The molecule has 0 saturated carbocycles. The van der Waals surface area contributed by atoms with Crippen molar-refractivity contribution in [1.29, 1.82) is 0 Å². The highest BCUT2D eigenvalue weighted by Crippen LogP contribution is 2.27. The second-order valence-electron chi connectivity index (χ2n) is 6.13. The van der Waals surface area contributed by atoms with Crippen LogP contribution in [0.1, 0.15) is 17.0 Å². The number of anilines is 1. The van der Waals surface area contributed by atoms with Gasteiger partial charge in [0.15, 0.2) is 5.76 Å². The second-order valence-corrected chi connectivity index (χ2v) is 6.13. The first-order valence-corrected chi connectivity index (χ1v) is 8.62. The minimum Gasteiger partial charge on any atom is -0.497 e. The Labute approximate surface area is 156 Å². The summed E-state index contributed by atoms with van der Waals surface area (Å²) in [4.78, 5) is 37.9. The zero-order valence-corrected chi connectivity index (χ0v) is 14.9. The molecule has 8 heteroatoms. The van der Waals surface area contributed by atoms with Gasteiger partial charge in [0.1, 0.15) is 5.75 Å². The van der Waals surface area contributed by atoms with E-state index in [1.54, 1.807) is 42.3 Å². The Morgan fingerprint density at radius 3 is 2.78 bits per heavy atom. The van der Waals surface area contributed by atoms with Gasteiger partial charge in [-0.3, -0.25) is 14.4 Å². The van der Waals surface area contributed by atoms with E-state index in [1.807, 2.05) is 6.07 Å². The molecule has 2 aromatic rings. The van der Waals surface area contributed by atoms with Gasteiger partial charge in [-0.1, -0.05) is 6.07 Å². The molecule has 2 N–H and O–H groups in total. The zero-order valence-electron chi connectivity index (χ0n) is 14.9. The van der Waals surface area contributed by atoms with Crippen LogP contribution in [0.2, 0.25) is 0 Å². The molecular weight excluding hydrogens is 350 g/mol. The second kappa shape index (κ2) is 8.39. The lowest BCUT2D eigenvalue weighted by Gasteiger charge is -2.17. The Kier molecular flexibility index (Phi) is 5.75. The van der Waals surface area contributed by atoms with Gasteiger partial charge in [-0.25, -0.2) is 0 Å². The van der Waals surface area contributed by atoms with Crippen molar-refractivity contribution in [3.8, 4) is 5.75 Å². The highest BCUT2D eigenvalue weighted by atomic mass is 16.5. The molecule has 1 atom stereocenters. The number of nitrogens with zero attached hydrogens (tertiary/aromatic N) is 1. The fourth-order valence-corrected chi connectivity index (χ4v) is 2.91. The monoisotopic (exact) mass is 371 g/mol. The molecule has 3 amide bonds. The Hall–Kier alpha value is -3.29. The van der Waals surface area contributed by atoms with Gasteiger partial charge in [0.05, 0.1) is 19.3 Å². The number of rotatable bonds is 7. The van der Waals surface area contributed by atoms with Crippen molar-refractivity contribution in [3.05, 3.63) is 48.4 Å². The van der Waals surface area contributed by atoms with Crippen molar-refractivity contribution >= 4 is 23.4 Å².